The lowest BCUT2D eigenvalue weighted by molar-refractivity contribution is -0.123. The van der Waals surface area contributed by atoms with Crippen LogP contribution in [0.15, 0.2) is 24.3 Å². The molecule has 0 saturated heterocycles. The summed E-state index contributed by atoms with van der Waals surface area (Å²) in [5.41, 5.74) is 0. The number of rotatable bonds is 41. The van der Waals surface area contributed by atoms with Crippen molar-refractivity contribution in [2.45, 2.75) is 257 Å². The summed E-state index contributed by atoms with van der Waals surface area (Å²) in [5, 5.41) is 23.0. The summed E-state index contributed by atoms with van der Waals surface area (Å²) < 4.78 is 0. The molecule has 0 saturated carbocycles. The number of carbonyl (C=O) groups excluding carboxylic acids is 1. The number of amides is 1. The third-order valence-corrected chi connectivity index (χ3v) is 10.4. The van der Waals surface area contributed by atoms with Gasteiger partial charge in [-0.1, -0.05) is 218 Å². The van der Waals surface area contributed by atoms with Gasteiger partial charge in [0.2, 0.25) is 5.91 Å². The molecule has 296 valence electrons. The number of aliphatic hydroxyl groups is 2. The minimum Gasteiger partial charge on any atom is -0.394 e. The first kappa shape index (κ1) is 48.9. The normalized spacial score (nSPS) is 13.1. The Morgan fingerprint density at radius 3 is 1.10 bits per heavy atom. The van der Waals surface area contributed by atoms with Crippen LogP contribution in [0.1, 0.15) is 245 Å². The zero-order chi connectivity index (χ0) is 36.4. The fourth-order valence-electron chi connectivity index (χ4n) is 6.94. The van der Waals surface area contributed by atoms with Gasteiger partial charge in [-0.15, -0.1) is 0 Å². The molecule has 4 heteroatoms. The van der Waals surface area contributed by atoms with Crippen LogP contribution in [-0.4, -0.2) is 34.9 Å². The fraction of sp³-hybridized carbons (Fsp3) is 0.891. The topological polar surface area (TPSA) is 69.6 Å². The molecule has 1 amide bonds. The molecule has 50 heavy (non-hydrogen) atoms. The highest BCUT2D eigenvalue weighted by molar-refractivity contribution is 5.76. The zero-order valence-electron chi connectivity index (χ0n) is 33.9. The van der Waals surface area contributed by atoms with Crippen LogP contribution in [0.3, 0.4) is 0 Å². The van der Waals surface area contributed by atoms with E-state index in [0.717, 1.165) is 25.7 Å². The molecule has 0 spiro atoms. The molecule has 0 bridgehead atoms. The van der Waals surface area contributed by atoms with Crippen LogP contribution in [0.4, 0.5) is 0 Å². The number of aliphatic hydroxyl groups excluding tert-OH is 2. The van der Waals surface area contributed by atoms with Gasteiger partial charge in [-0.2, -0.15) is 0 Å². The molecule has 3 N–H and O–H groups in total. The molecular formula is C46H89NO3. The smallest absolute Gasteiger partial charge is 0.220 e. The molecular weight excluding hydrogens is 615 g/mol. The maximum atomic E-state index is 12.4. The van der Waals surface area contributed by atoms with Crippen molar-refractivity contribution in [3.05, 3.63) is 24.3 Å². The van der Waals surface area contributed by atoms with Crippen molar-refractivity contribution < 1.29 is 15.0 Å². The molecule has 0 heterocycles. The highest BCUT2D eigenvalue weighted by Crippen LogP contribution is 2.15. The van der Waals surface area contributed by atoms with E-state index in [1.807, 2.05) is 6.08 Å². The van der Waals surface area contributed by atoms with Crippen molar-refractivity contribution in [1.29, 1.82) is 0 Å². The molecule has 0 aliphatic rings. The predicted octanol–water partition coefficient (Wildman–Crippen LogP) is 14.0. The predicted molar refractivity (Wildman–Crippen MR) is 221 cm³/mol. The van der Waals surface area contributed by atoms with Crippen LogP contribution in [-0.2, 0) is 4.79 Å². The Labute approximate surface area is 313 Å². The Morgan fingerprint density at radius 1 is 0.460 bits per heavy atom. The summed E-state index contributed by atoms with van der Waals surface area (Å²) in [7, 11) is 0. The Kier molecular flexibility index (Phi) is 41.3. The van der Waals surface area contributed by atoms with Crippen molar-refractivity contribution in [3.8, 4) is 0 Å². The molecule has 0 rings (SSSR count). The van der Waals surface area contributed by atoms with Gasteiger partial charge in [0.1, 0.15) is 0 Å². The third kappa shape index (κ3) is 38.1. The number of carbonyl (C=O) groups is 1. The largest absolute Gasteiger partial charge is 0.394 e. The third-order valence-electron chi connectivity index (χ3n) is 10.4. The molecule has 4 nitrogen and oxygen atoms in total. The molecule has 0 aromatic carbocycles. The van der Waals surface area contributed by atoms with Crippen LogP contribution in [0.25, 0.3) is 0 Å². The van der Waals surface area contributed by atoms with Crippen molar-refractivity contribution in [1.82, 2.24) is 5.32 Å². The Balaban J connectivity index is 3.55. The minimum absolute atomic E-state index is 0.0663. The Morgan fingerprint density at radius 2 is 0.760 bits per heavy atom. The van der Waals surface area contributed by atoms with Crippen LogP contribution < -0.4 is 5.32 Å². The Hall–Kier alpha value is -1.13. The lowest BCUT2D eigenvalue weighted by Crippen LogP contribution is -2.45. The number of unbranched alkanes of at least 4 members (excludes halogenated alkanes) is 32. The minimum atomic E-state index is -0.838. The highest BCUT2D eigenvalue weighted by Gasteiger charge is 2.17. The number of allylic oxidation sites excluding steroid dienone is 3. The van der Waals surface area contributed by atoms with E-state index < -0.39 is 12.1 Å². The average Bonchev–Trinajstić information content (AvgIpc) is 3.12. The van der Waals surface area contributed by atoms with E-state index in [1.54, 1.807) is 6.08 Å². The lowest BCUT2D eigenvalue weighted by Gasteiger charge is -2.20. The number of hydrogen-bond acceptors (Lipinski definition) is 3. The van der Waals surface area contributed by atoms with E-state index in [1.165, 1.54) is 199 Å². The van der Waals surface area contributed by atoms with Crippen molar-refractivity contribution in [2.75, 3.05) is 6.61 Å². The highest BCUT2D eigenvalue weighted by atomic mass is 16.3. The van der Waals surface area contributed by atoms with Gasteiger partial charge in [-0.05, 0) is 44.9 Å². The van der Waals surface area contributed by atoms with E-state index in [-0.39, 0.29) is 12.5 Å². The maximum Gasteiger partial charge on any atom is 0.220 e. The molecule has 0 aliphatic heterocycles. The van der Waals surface area contributed by atoms with E-state index in [9.17, 15) is 15.0 Å². The summed E-state index contributed by atoms with van der Waals surface area (Å²) in [4.78, 5) is 12.4. The maximum absolute atomic E-state index is 12.4. The van der Waals surface area contributed by atoms with Crippen molar-refractivity contribution in [3.63, 3.8) is 0 Å². The number of hydrogen-bond donors (Lipinski definition) is 3. The van der Waals surface area contributed by atoms with Crippen LogP contribution in [0.2, 0.25) is 0 Å². The van der Waals surface area contributed by atoms with Gasteiger partial charge in [0, 0.05) is 6.42 Å². The average molecular weight is 704 g/mol. The number of nitrogens with one attached hydrogen (secondary N) is 1. The molecule has 0 fully saturated rings. The molecule has 0 aliphatic carbocycles. The summed E-state index contributed by atoms with van der Waals surface area (Å²) in [6.07, 6.45) is 54.3. The van der Waals surface area contributed by atoms with Crippen LogP contribution in [0, 0.1) is 0 Å². The molecule has 0 aromatic heterocycles. The van der Waals surface area contributed by atoms with Crippen LogP contribution >= 0.6 is 0 Å². The van der Waals surface area contributed by atoms with Gasteiger partial charge in [-0.25, -0.2) is 0 Å². The SMILES string of the molecule is CCCCCCCCCCCCC/C=C\CCCCCCCCCC(=O)NC(CO)C(O)/C=C/CCCCCCCCCCCCCCCC. The van der Waals surface area contributed by atoms with Gasteiger partial charge >= 0.3 is 0 Å². The second kappa shape index (κ2) is 42.3. The Bertz CT molecular complexity index is 720. The second-order valence-corrected chi connectivity index (χ2v) is 15.5. The van der Waals surface area contributed by atoms with E-state index >= 15 is 0 Å². The summed E-state index contributed by atoms with van der Waals surface area (Å²) in [6, 6.07) is -0.621. The molecule has 0 aromatic rings. The van der Waals surface area contributed by atoms with E-state index in [0.29, 0.717) is 6.42 Å². The fourth-order valence-corrected chi connectivity index (χ4v) is 6.94. The van der Waals surface area contributed by atoms with Gasteiger partial charge < -0.3 is 15.5 Å². The van der Waals surface area contributed by atoms with Gasteiger partial charge in [0.15, 0.2) is 0 Å². The molecule has 2 atom stereocenters. The monoisotopic (exact) mass is 704 g/mol. The summed E-state index contributed by atoms with van der Waals surface area (Å²) >= 11 is 0. The lowest BCUT2D eigenvalue weighted by atomic mass is 10.0. The van der Waals surface area contributed by atoms with Gasteiger partial charge in [0.05, 0.1) is 18.8 Å². The van der Waals surface area contributed by atoms with Crippen molar-refractivity contribution in [2.24, 2.45) is 0 Å². The summed E-state index contributed by atoms with van der Waals surface area (Å²) in [5.74, 6) is -0.0663. The van der Waals surface area contributed by atoms with Gasteiger partial charge in [-0.3, -0.25) is 4.79 Å². The molecule has 2 unspecified atom stereocenters. The summed E-state index contributed by atoms with van der Waals surface area (Å²) in [6.45, 7) is 4.32. The zero-order valence-corrected chi connectivity index (χ0v) is 33.9. The van der Waals surface area contributed by atoms with Crippen molar-refractivity contribution >= 4 is 5.91 Å². The van der Waals surface area contributed by atoms with E-state index in [4.69, 9.17) is 0 Å². The van der Waals surface area contributed by atoms with Crippen LogP contribution in [0.5, 0.6) is 0 Å². The van der Waals surface area contributed by atoms with Gasteiger partial charge in [0.25, 0.3) is 0 Å². The standard InChI is InChI=1S/C46H89NO3/c1-3-5-7-9-11-13-15-17-19-21-22-23-24-25-26-28-30-32-34-36-38-40-42-46(50)47-44(43-48)45(49)41-39-37-35-33-31-29-27-20-18-16-14-12-10-8-6-4-2/h24-25,39,41,44-45,48-49H,3-23,26-38,40,42-43H2,1-2H3,(H,47,50)/b25-24-,41-39+. The quantitative estimate of drug-likeness (QED) is 0.0438. The first-order chi connectivity index (χ1) is 24.7. The first-order valence-electron chi connectivity index (χ1n) is 22.6. The van der Waals surface area contributed by atoms with E-state index in [2.05, 4.69) is 31.3 Å². The molecule has 0 radical (unpaired) electrons. The first-order valence-corrected chi connectivity index (χ1v) is 22.6. The second-order valence-electron chi connectivity index (χ2n) is 15.5.